The summed E-state index contributed by atoms with van der Waals surface area (Å²) >= 11 is 0. The minimum absolute atomic E-state index is 0.382. The molecule has 0 aromatic heterocycles. The van der Waals surface area contributed by atoms with Crippen LogP contribution >= 0.6 is 0 Å². The Bertz CT molecular complexity index is 1340. The second kappa shape index (κ2) is 9.48. The van der Waals surface area contributed by atoms with Gasteiger partial charge in [-0.15, -0.1) is 6.42 Å². The Labute approximate surface area is 187 Å². The molecule has 4 heteroatoms. The first-order chi connectivity index (χ1) is 15.6. The Kier molecular flexibility index (Phi) is 6.12. The number of carbonyl (C=O) groups excluding carboxylic acids is 1. The van der Waals surface area contributed by atoms with Crippen molar-refractivity contribution in [2.75, 3.05) is 20.3 Å². The van der Waals surface area contributed by atoms with Crippen molar-refractivity contribution < 1.29 is 19.0 Å². The van der Waals surface area contributed by atoms with Crippen molar-refractivity contribution in [1.82, 2.24) is 0 Å². The van der Waals surface area contributed by atoms with E-state index in [1.807, 2.05) is 36.4 Å². The summed E-state index contributed by atoms with van der Waals surface area (Å²) in [5.74, 6) is 16.2. The van der Waals surface area contributed by atoms with Crippen LogP contribution in [0, 0.1) is 36.0 Å². The molecule has 0 radical (unpaired) electrons. The van der Waals surface area contributed by atoms with E-state index in [9.17, 15) is 4.79 Å². The van der Waals surface area contributed by atoms with Crippen LogP contribution < -0.4 is 9.47 Å². The highest BCUT2D eigenvalue weighted by atomic mass is 16.6. The Hall–Kier alpha value is -4.59. The highest BCUT2D eigenvalue weighted by molar-refractivity contribution is 5.89. The summed E-state index contributed by atoms with van der Waals surface area (Å²) in [6, 6.07) is 18.1. The maximum Gasteiger partial charge on any atom is 0.337 e. The molecule has 32 heavy (non-hydrogen) atoms. The van der Waals surface area contributed by atoms with Gasteiger partial charge in [-0.3, -0.25) is 0 Å². The van der Waals surface area contributed by atoms with Crippen LogP contribution in [0.5, 0.6) is 11.5 Å². The van der Waals surface area contributed by atoms with Gasteiger partial charge in [-0.2, -0.15) is 0 Å². The maximum atomic E-state index is 11.5. The smallest absolute Gasteiger partial charge is 0.337 e. The van der Waals surface area contributed by atoms with Crippen molar-refractivity contribution in [1.29, 1.82) is 0 Å². The van der Waals surface area contributed by atoms with E-state index >= 15 is 0 Å². The number of hydrogen-bond acceptors (Lipinski definition) is 4. The van der Waals surface area contributed by atoms with E-state index < -0.39 is 0 Å². The van der Waals surface area contributed by atoms with Gasteiger partial charge < -0.3 is 14.2 Å². The molecule has 0 spiro atoms. The molecule has 0 unspecified atom stereocenters. The molecular weight excluding hydrogens is 400 g/mol. The highest BCUT2D eigenvalue weighted by Crippen LogP contribution is 2.30. The van der Waals surface area contributed by atoms with E-state index in [2.05, 4.69) is 29.6 Å². The highest BCUT2D eigenvalue weighted by Gasteiger charge is 2.10. The lowest BCUT2D eigenvalue weighted by molar-refractivity contribution is 0.0600. The van der Waals surface area contributed by atoms with E-state index in [1.165, 1.54) is 7.11 Å². The molecule has 154 valence electrons. The average molecular weight is 418 g/mol. The lowest BCUT2D eigenvalue weighted by Gasteiger charge is -2.17. The van der Waals surface area contributed by atoms with Gasteiger partial charge in [0.2, 0.25) is 0 Å². The third kappa shape index (κ3) is 4.93. The van der Waals surface area contributed by atoms with Gasteiger partial charge in [0.25, 0.3) is 0 Å². The van der Waals surface area contributed by atoms with Crippen molar-refractivity contribution >= 4 is 5.97 Å². The van der Waals surface area contributed by atoms with E-state index in [4.69, 9.17) is 20.6 Å². The molecule has 4 nitrogen and oxygen atoms in total. The molecule has 0 saturated heterocycles. The summed E-state index contributed by atoms with van der Waals surface area (Å²) in [5, 5.41) is 0. The predicted molar refractivity (Wildman–Crippen MR) is 122 cm³/mol. The van der Waals surface area contributed by atoms with Crippen LogP contribution in [-0.2, 0) is 4.74 Å². The summed E-state index contributed by atoms with van der Waals surface area (Å²) in [6.45, 7) is 1.08. The molecule has 0 aliphatic carbocycles. The molecule has 1 aliphatic heterocycles. The quantitative estimate of drug-likeness (QED) is 0.442. The monoisotopic (exact) mass is 418 g/mol. The lowest BCUT2D eigenvalue weighted by Crippen LogP contribution is -2.15. The summed E-state index contributed by atoms with van der Waals surface area (Å²) in [4.78, 5) is 11.5. The van der Waals surface area contributed by atoms with Crippen LogP contribution in [0.15, 0.2) is 60.7 Å². The van der Waals surface area contributed by atoms with Gasteiger partial charge in [0.15, 0.2) is 11.5 Å². The van der Waals surface area contributed by atoms with Crippen molar-refractivity contribution in [3.05, 3.63) is 94.0 Å². The van der Waals surface area contributed by atoms with Crippen molar-refractivity contribution in [2.45, 2.75) is 0 Å². The van der Waals surface area contributed by atoms with Gasteiger partial charge in [0.05, 0.1) is 12.7 Å². The summed E-state index contributed by atoms with van der Waals surface area (Å²) in [6.07, 6.45) is 5.62. The number of terminal acetylenes is 1. The van der Waals surface area contributed by atoms with Crippen LogP contribution in [-0.4, -0.2) is 26.3 Å². The largest absolute Gasteiger partial charge is 0.486 e. The van der Waals surface area contributed by atoms with Crippen LogP contribution in [0.3, 0.4) is 0 Å². The van der Waals surface area contributed by atoms with Gasteiger partial charge in [0, 0.05) is 27.8 Å². The van der Waals surface area contributed by atoms with Gasteiger partial charge >= 0.3 is 5.97 Å². The number of methoxy groups -OCH3 is 1. The second-order valence-corrected chi connectivity index (χ2v) is 6.87. The summed E-state index contributed by atoms with van der Waals surface area (Å²) < 4.78 is 15.9. The molecule has 0 bridgehead atoms. The van der Waals surface area contributed by atoms with Crippen LogP contribution in [0.4, 0.5) is 0 Å². The fraction of sp³-hybridized carbons (Fsp3) is 0.107. The second-order valence-electron chi connectivity index (χ2n) is 6.87. The fourth-order valence-electron chi connectivity index (χ4n) is 3.07. The molecule has 0 fully saturated rings. The molecule has 0 amide bonds. The minimum Gasteiger partial charge on any atom is -0.486 e. The van der Waals surface area contributed by atoms with Gasteiger partial charge in [-0.1, -0.05) is 29.6 Å². The number of ether oxygens (including phenoxy) is 3. The van der Waals surface area contributed by atoms with E-state index in [0.717, 1.165) is 28.0 Å². The zero-order valence-electron chi connectivity index (χ0n) is 17.4. The zero-order valence-corrected chi connectivity index (χ0v) is 17.4. The first-order valence-corrected chi connectivity index (χ1v) is 9.88. The number of hydrogen-bond donors (Lipinski definition) is 0. The number of rotatable bonds is 1. The van der Waals surface area contributed by atoms with Crippen molar-refractivity contribution in [3.63, 3.8) is 0 Å². The Balaban J connectivity index is 1.58. The van der Waals surface area contributed by atoms with Crippen LogP contribution in [0.2, 0.25) is 0 Å². The topological polar surface area (TPSA) is 44.8 Å². The lowest BCUT2D eigenvalue weighted by atomic mass is 10.0. The fourth-order valence-corrected chi connectivity index (χ4v) is 3.07. The molecule has 0 atom stereocenters. The number of carbonyl (C=O) groups is 1. The van der Waals surface area contributed by atoms with E-state index in [-0.39, 0.29) is 5.97 Å². The Morgan fingerprint density at radius 3 is 1.97 bits per heavy atom. The molecule has 1 aliphatic rings. The third-order valence-corrected chi connectivity index (χ3v) is 4.65. The van der Waals surface area contributed by atoms with Gasteiger partial charge in [-0.25, -0.2) is 4.79 Å². The predicted octanol–water partition coefficient (Wildman–Crippen LogP) is 4.03. The Morgan fingerprint density at radius 2 is 1.31 bits per heavy atom. The standard InChI is InChI=1S/C28H18O4/c1-3-20-16-23(6-4-21-8-11-25(12-9-21)28(29)30-2)18-24(17-20)7-5-22-10-13-26-27(19-22)32-15-14-31-26/h1,8-13,16-19H,14-15H2,2H3. The molecule has 4 rings (SSSR count). The number of fused-ring (bicyclic) bond motifs is 1. The van der Waals surface area contributed by atoms with Crippen LogP contribution in [0.25, 0.3) is 0 Å². The first-order valence-electron chi connectivity index (χ1n) is 9.88. The maximum absolute atomic E-state index is 11.5. The Morgan fingerprint density at radius 1 is 0.750 bits per heavy atom. The number of esters is 1. The van der Waals surface area contributed by atoms with Crippen molar-refractivity contribution in [2.24, 2.45) is 0 Å². The van der Waals surface area contributed by atoms with Crippen molar-refractivity contribution in [3.8, 4) is 47.5 Å². The third-order valence-electron chi connectivity index (χ3n) is 4.65. The zero-order chi connectivity index (χ0) is 22.3. The molecular formula is C28H18O4. The SMILES string of the molecule is C#Cc1cc(C#Cc2ccc(C(=O)OC)cc2)cc(C#Cc2ccc3c(c2)OCCO3)c1. The summed E-state index contributed by atoms with van der Waals surface area (Å²) in [7, 11) is 1.35. The normalized spacial score (nSPS) is 11.1. The van der Waals surface area contributed by atoms with E-state index in [1.54, 1.807) is 24.3 Å². The minimum atomic E-state index is -0.382. The van der Waals surface area contributed by atoms with Gasteiger partial charge in [-0.05, 0) is 60.7 Å². The first kappa shape index (κ1) is 20.7. The van der Waals surface area contributed by atoms with Crippen LogP contribution in [0.1, 0.15) is 38.2 Å². The molecule has 3 aromatic rings. The molecule has 3 aromatic carbocycles. The molecule has 1 heterocycles. The number of benzene rings is 3. The average Bonchev–Trinajstić information content (AvgIpc) is 2.85. The molecule has 0 N–H and O–H groups in total. The molecule has 0 saturated carbocycles. The van der Waals surface area contributed by atoms with E-state index in [0.29, 0.717) is 30.1 Å². The van der Waals surface area contributed by atoms with Gasteiger partial charge in [0.1, 0.15) is 13.2 Å². The summed E-state index contributed by atoms with van der Waals surface area (Å²) in [5.41, 5.74) is 4.28.